The quantitative estimate of drug-likeness (QED) is 0.300. The second-order valence-electron chi connectivity index (χ2n) is 5.54. The van der Waals surface area contributed by atoms with Crippen LogP contribution >= 0.6 is 19.1 Å². The first-order valence-electron chi connectivity index (χ1n) is 7.77. The molecule has 0 rings (SSSR count). The summed E-state index contributed by atoms with van der Waals surface area (Å²) >= 11 is 1.76. The van der Waals surface area contributed by atoms with Crippen molar-refractivity contribution in [1.29, 1.82) is 0 Å². The summed E-state index contributed by atoms with van der Waals surface area (Å²) in [5, 5.41) is 9.31. The van der Waals surface area contributed by atoms with Gasteiger partial charge in [0, 0.05) is 24.0 Å². The zero-order valence-electron chi connectivity index (χ0n) is 13.9. The number of aliphatic carboxylic acids is 1. The first-order chi connectivity index (χ1) is 10.3. The Morgan fingerprint density at radius 2 is 2.09 bits per heavy atom. The van der Waals surface area contributed by atoms with Gasteiger partial charge in [0.05, 0.1) is 12.8 Å². The number of carbonyl (C=O) groups is 1. The number of hydrogen-bond donors (Lipinski definition) is 2. The van der Waals surface area contributed by atoms with Crippen molar-refractivity contribution >= 4 is 25.1 Å². The molecule has 0 aliphatic heterocycles. The summed E-state index contributed by atoms with van der Waals surface area (Å²) in [6.07, 6.45) is 3.69. The van der Waals surface area contributed by atoms with E-state index in [0.29, 0.717) is 25.7 Å². The minimum atomic E-state index is -2.92. The number of nitrogens with two attached hydrogens (primary N) is 1. The molecule has 1 atom stereocenters. The third kappa shape index (κ3) is 10.4. The number of carboxylic acid groups (broad SMARTS) is 1. The predicted molar refractivity (Wildman–Crippen MR) is 95.1 cm³/mol. The van der Waals surface area contributed by atoms with Crippen LogP contribution in [0, 0.1) is 5.92 Å². The van der Waals surface area contributed by atoms with Crippen LogP contribution in [0.4, 0.5) is 0 Å². The van der Waals surface area contributed by atoms with E-state index in [2.05, 4.69) is 0 Å². The number of allylic oxidation sites excluding steroid dienone is 1. The number of unbranched alkanes of at least 4 members (excludes halogenated alkanes) is 1. The highest BCUT2D eigenvalue weighted by atomic mass is 32.2. The van der Waals surface area contributed by atoms with Gasteiger partial charge >= 0.3 is 5.97 Å². The van der Waals surface area contributed by atoms with Crippen molar-refractivity contribution in [1.82, 2.24) is 0 Å². The molecule has 1 unspecified atom stereocenters. The molecule has 0 spiro atoms. The highest BCUT2D eigenvalue weighted by Crippen LogP contribution is 2.50. The lowest BCUT2D eigenvalue weighted by molar-refractivity contribution is -0.132. The van der Waals surface area contributed by atoms with Crippen molar-refractivity contribution in [3.05, 3.63) is 11.6 Å². The maximum atomic E-state index is 12.8. The summed E-state index contributed by atoms with van der Waals surface area (Å²) in [7, 11) is -2.92. The van der Waals surface area contributed by atoms with E-state index in [1.54, 1.807) is 24.8 Å². The Labute approximate surface area is 138 Å². The van der Waals surface area contributed by atoms with E-state index in [0.717, 1.165) is 17.9 Å². The Balaban J connectivity index is 4.64. The van der Waals surface area contributed by atoms with Crippen molar-refractivity contribution in [3.63, 3.8) is 0 Å². The van der Waals surface area contributed by atoms with Crippen LogP contribution in [0.3, 0.4) is 0 Å². The highest BCUT2D eigenvalue weighted by molar-refractivity contribution is 7.99. The van der Waals surface area contributed by atoms with E-state index in [4.69, 9.17) is 10.3 Å². The molecule has 5 nitrogen and oxygen atoms in total. The van der Waals surface area contributed by atoms with Crippen LogP contribution in [-0.2, 0) is 13.9 Å². The van der Waals surface area contributed by atoms with E-state index in [9.17, 15) is 14.5 Å². The Kier molecular flexibility index (Phi) is 12.0. The van der Waals surface area contributed by atoms with Crippen LogP contribution < -0.4 is 5.73 Å². The smallest absolute Gasteiger partial charge is 0.331 e. The van der Waals surface area contributed by atoms with Crippen molar-refractivity contribution in [2.75, 3.05) is 37.0 Å². The van der Waals surface area contributed by atoms with E-state index in [1.807, 2.05) is 13.8 Å². The van der Waals surface area contributed by atoms with Crippen molar-refractivity contribution < 1.29 is 19.0 Å². The molecule has 0 aliphatic carbocycles. The molecule has 0 aromatic rings. The van der Waals surface area contributed by atoms with Crippen molar-refractivity contribution in [3.8, 4) is 0 Å². The molecular weight excluding hydrogens is 321 g/mol. The molecule has 0 heterocycles. The lowest BCUT2D eigenvalue weighted by Crippen LogP contribution is -2.12. The minimum Gasteiger partial charge on any atom is -0.478 e. The van der Waals surface area contributed by atoms with Crippen molar-refractivity contribution in [2.45, 2.75) is 33.6 Å². The monoisotopic (exact) mass is 351 g/mol. The van der Waals surface area contributed by atoms with Crippen LogP contribution in [0.2, 0.25) is 0 Å². The van der Waals surface area contributed by atoms with E-state index >= 15 is 0 Å². The first kappa shape index (κ1) is 21.7. The van der Waals surface area contributed by atoms with E-state index < -0.39 is 13.3 Å². The molecule has 0 saturated carbocycles. The molecule has 0 radical (unpaired) electrons. The zero-order valence-corrected chi connectivity index (χ0v) is 15.6. The summed E-state index contributed by atoms with van der Waals surface area (Å²) in [4.78, 5) is 11.4. The van der Waals surface area contributed by atoms with E-state index in [1.165, 1.54) is 0 Å². The topological polar surface area (TPSA) is 89.6 Å². The number of carboxylic acids is 1. The van der Waals surface area contributed by atoms with Crippen LogP contribution in [0.1, 0.15) is 33.6 Å². The largest absolute Gasteiger partial charge is 0.478 e. The standard InChI is InChI=1S/C15H30NO4PS/c1-4-20-21(19,11-13(2)3)12-14(15(17)18)7-5-6-9-22-10-8-16/h7,13H,4-6,8-12,16H2,1-3H3,(H,17,18). The van der Waals surface area contributed by atoms with Gasteiger partial charge in [-0.1, -0.05) is 19.9 Å². The van der Waals surface area contributed by atoms with Crippen LogP contribution in [0.5, 0.6) is 0 Å². The molecule has 0 fully saturated rings. The van der Waals surface area contributed by atoms with Crippen LogP contribution in [-0.4, -0.2) is 48.1 Å². The average Bonchev–Trinajstić information content (AvgIpc) is 2.40. The summed E-state index contributed by atoms with van der Waals surface area (Å²) < 4.78 is 18.2. The summed E-state index contributed by atoms with van der Waals surface area (Å²) in [6, 6.07) is 0. The molecule has 7 heteroatoms. The molecule has 130 valence electrons. The molecule has 0 aromatic heterocycles. The molecule has 22 heavy (non-hydrogen) atoms. The Bertz CT molecular complexity index is 399. The summed E-state index contributed by atoms with van der Waals surface area (Å²) in [5.74, 6) is 1.08. The van der Waals surface area contributed by atoms with Gasteiger partial charge in [-0.05, 0) is 31.4 Å². The lowest BCUT2D eigenvalue weighted by atomic mass is 10.2. The Morgan fingerprint density at radius 1 is 1.41 bits per heavy atom. The maximum Gasteiger partial charge on any atom is 0.331 e. The van der Waals surface area contributed by atoms with E-state index in [-0.39, 0.29) is 17.7 Å². The first-order valence-corrected chi connectivity index (χ1v) is 10.9. The van der Waals surface area contributed by atoms with Gasteiger partial charge in [0.2, 0.25) is 7.37 Å². The number of hydrogen-bond acceptors (Lipinski definition) is 5. The summed E-state index contributed by atoms with van der Waals surface area (Å²) in [6.45, 7) is 6.71. The van der Waals surface area contributed by atoms with Gasteiger partial charge in [-0.2, -0.15) is 11.8 Å². The average molecular weight is 351 g/mol. The summed E-state index contributed by atoms with van der Waals surface area (Å²) in [5.41, 5.74) is 5.62. The van der Waals surface area contributed by atoms with Gasteiger partial charge in [-0.3, -0.25) is 4.57 Å². The SMILES string of the molecule is CCOP(=O)(CC(=CCCCSCCN)C(=O)O)CC(C)C. The van der Waals surface area contributed by atoms with Gasteiger partial charge in [0.25, 0.3) is 0 Å². The fourth-order valence-electron chi connectivity index (χ4n) is 2.08. The molecular formula is C15H30NO4PS. The molecule has 3 N–H and O–H groups in total. The zero-order chi connectivity index (χ0) is 17.0. The predicted octanol–water partition coefficient (Wildman–Crippen LogP) is 3.44. The third-order valence-electron chi connectivity index (χ3n) is 2.84. The Hall–Kier alpha value is -0.290. The second kappa shape index (κ2) is 12.2. The molecule has 0 saturated heterocycles. The maximum absolute atomic E-state index is 12.8. The molecule has 0 bridgehead atoms. The lowest BCUT2D eigenvalue weighted by Gasteiger charge is -2.20. The highest BCUT2D eigenvalue weighted by Gasteiger charge is 2.27. The molecule has 0 aromatic carbocycles. The molecule has 0 amide bonds. The minimum absolute atomic E-state index is 0.0182. The normalized spacial score (nSPS) is 15.0. The van der Waals surface area contributed by atoms with Gasteiger partial charge in [-0.15, -0.1) is 0 Å². The number of rotatable bonds is 13. The van der Waals surface area contributed by atoms with Gasteiger partial charge in [0.15, 0.2) is 0 Å². The van der Waals surface area contributed by atoms with Crippen molar-refractivity contribution in [2.24, 2.45) is 11.7 Å². The van der Waals surface area contributed by atoms with Gasteiger partial charge in [0.1, 0.15) is 0 Å². The van der Waals surface area contributed by atoms with Crippen LogP contribution in [0.25, 0.3) is 0 Å². The molecule has 0 aliphatic rings. The fourth-order valence-corrected chi connectivity index (χ4v) is 5.51. The van der Waals surface area contributed by atoms with Crippen LogP contribution in [0.15, 0.2) is 11.6 Å². The van der Waals surface area contributed by atoms with Gasteiger partial charge < -0.3 is 15.4 Å². The number of thioether (sulfide) groups is 1. The Morgan fingerprint density at radius 3 is 2.59 bits per heavy atom. The van der Waals surface area contributed by atoms with Gasteiger partial charge in [-0.25, -0.2) is 4.79 Å². The fraction of sp³-hybridized carbons (Fsp3) is 0.800. The second-order valence-corrected chi connectivity index (χ2v) is 9.34. The third-order valence-corrected chi connectivity index (χ3v) is 6.78.